The van der Waals surface area contributed by atoms with Crippen molar-refractivity contribution in [3.63, 3.8) is 0 Å². The lowest BCUT2D eigenvalue weighted by molar-refractivity contribution is 0.0713. The van der Waals surface area contributed by atoms with Crippen LogP contribution in [0.15, 0.2) is 52.1 Å². The maximum Gasteiger partial charge on any atom is 0.254 e. The summed E-state index contributed by atoms with van der Waals surface area (Å²) in [5.74, 6) is 0.202. The number of likely N-dealkylation sites (tertiary alicyclic amines) is 1. The predicted molar refractivity (Wildman–Crippen MR) is 119 cm³/mol. The van der Waals surface area contributed by atoms with E-state index in [1.54, 1.807) is 17.5 Å². The molecule has 30 heavy (non-hydrogen) atoms. The summed E-state index contributed by atoms with van der Waals surface area (Å²) in [4.78, 5) is 19.8. The summed E-state index contributed by atoms with van der Waals surface area (Å²) in [5, 5.41) is 2.60. The number of nitrogens with zero attached hydrogens (tertiary/aromatic N) is 2. The molecule has 6 nitrogen and oxygen atoms in total. The van der Waals surface area contributed by atoms with Gasteiger partial charge in [0, 0.05) is 30.2 Å². The lowest BCUT2D eigenvalue weighted by Crippen LogP contribution is -2.46. The molecule has 0 unspecified atom stereocenters. The third-order valence-electron chi connectivity index (χ3n) is 5.42. The Morgan fingerprint density at radius 2 is 1.90 bits per heavy atom. The third-order valence-corrected chi connectivity index (χ3v) is 8.34. The summed E-state index contributed by atoms with van der Waals surface area (Å²) in [6, 6.07) is 12.8. The van der Waals surface area contributed by atoms with Crippen molar-refractivity contribution in [2.45, 2.75) is 42.9 Å². The quantitative estimate of drug-likeness (QED) is 0.646. The maximum atomic E-state index is 13.3. The van der Waals surface area contributed by atoms with Crippen LogP contribution in [0, 0.1) is 0 Å². The standard InChI is InChI=1S/C22H25N3O3S2/c1-15(2)20-14-18(17-6-3-4-7-19(17)23-20)22(26)25-11-9-16(10-12-25)24-30(27,28)21-8-5-13-29-21/h3-8,13-16,24H,9-12H2,1-2H3. The number of piperidine rings is 1. The van der Waals surface area contributed by atoms with Gasteiger partial charge >= 0.3 is 0 Å². The number of amides is 1. The van der Waals surface area contributed by atoms with Gasteiger partial charge < -0.3 is 4.90 Å². The first-order chi connectivity index (χ1) is 14.3. The van der Waals surface area contributed by atoms with Crippen molar-refractivity contribution in [1.82, 2.24) is 14.6 Å². The van der Waals surface area contributed by atoms with Gasteiger partial charge in [-0.15, -0.1) is 11.3 Å². The molecule has 1 N–H and O–H groups in total. The molecule has 1 aliphatic heterocycles. The van der Waals surface area contributed by atoms with Crippen molar-refractivity contribution >= 4 is 38.2 Å². The number of carbonyl (C=O) groups excluding carboxylic acids is 1. The number of fused-ring (bicyclic) bond motifs is 1. The molecule has 4 rings (SSSR count). The van der Waals surface area contributed by atoms with Crippen LogP contribution in [0.1, 0.15) is 48.7 Å². The number of nitrogens with one attached hydrogen (secondary N) is 1. The molecule has 1 aliphatic rings. The Hall–Kier alpha value is -2.29. The van der Waals surface area contributed by atoms with Crippen LogP contribution in [-0.2, 0) is 10.0 Å². The van der Waals surface area contributed by atoms with Gasteiger partial charge in [0.05, 0.1) is 11.1 Å². The largest absolute Gasteiger partial charge is 0.339 e. The van der Waals surface area contributed by atoms with Crippen LogP contribution in [-0.4, -0.2) is 43.3 Å². The van der Waals surface area contributed by atoms with Gasteiger partial charge in [0.25, 0.3) is 5.91 Å². The van der Waals surface area contributed by atoms with Gasteiger partial charge in [-0.05, 0) is 42.3 Å². The number of rotatable bonds is 5. The van der Waals surface area contributed by atoms with E-state index in [-0.39, 0.29) is 17.9 Å². The number of para-hydroxylation sites is 1. The number of benzene rings is 1. The van der Waals surface area contributed by atoms with Crippen molar-refractivity contribution < 1.29 is 13.2 Å². The zero-order chi connectivity index (χ0) is 21.3. The molecular formula is C22H25N3O3S2. The predicted octanol–water partition coefficient (Wildman–Crippen LogP) is 4.00. The Balaban J connectivity index is 1.50. The van der Waals surface area contributed by atoms with E-state index in [9.17, 15) is 13.2 Å². The Kier molecular flexibility index (Phi) is 5.90. The Bertz CT molecular complexity index is 1150. The van der Waals surface area contributed by atoms with Gasteiger partial charge in [-0.2, -0.15) is 0 Å². The minimum atomic E-state index is -3.49. The lowest BCUT2D eigenvalue weighted by atomic mass is 10.00. The Labute approximate surface area is 181 Å². The molecule has 8 heteroatoms. The van der Waals surface area contributed by atoms with E-state index in [1.165, 1.54) is 11.3 Å². The number of pyridine rings is 1. The van der Waals surface area contributed by atoms with E-state index in [0.29, 0.717) is 35.7 Å². The van der Waals surface area contributed by atoms with Gasteiger partial charge in [-0.3, -0.25) is 9.78 Å². The third kappa shape index (κ3) is 4.26. The molecular weight excluding hydrogens is 418 g/mol. The lowest BCUT2D eigenvalue weighted by Gasteiger charge is -2.32. The highest BCUT2D eigenvalue weighted by Gasteiger charge is 2.28. The van der Waals surface area contributed by atoms with Gasteiger partial charge in [-0.25, -0.2) is 13.1 Å². The van der Waals surface area contributed by atoms with Gasteiger partial charge in [0.2, 0.25) is 10.0 Å². The van der Waals surface area contributed by atoms with Crippen molar-refractivity contribution in [1.29, 1.82) is 0 Å². The minimum Gasteiger partial charge on any atom is -0.339 e. The van der Waals surface area contributed by atoms with E-state index in [2.05, 4.69) is 18.6 Å². The first-order valence-electron chi connectivity index (χ1n) is 10.1. The second-order valence-electron chi connectivity index (χ2n) is 7.89. The van der Waals surface area contributed by atoms with Crippen molar-refractivity contribution in [2.24, 2.45) is 0 Å². The van der Waals surface area contributed by atoms with Crippen LogP contribution in [0.2, 0.25) is 0 Å². The van der Waals surface area contributed by atoms with E-state index in [0.717, 1.165) is 16.6 Å². The molecule has 0 bridgehead atoms. The zero-order valence-corrected chi connectivity index (χ0v) is 18.7. The summed E-state index contributed by atoms with van der Waals surface area (Å²) >= 11 is 1.20. The Morgan fingerprint density at radius 1 is 1.17 bits per heavy atom. The summed E-state index contributed by atoms with van der Waals surface area (Å²) in [6.45, 7) is 5.17. The first-order valence-corrected chi connectivity index (χ1v) is 12.5. The van der Waals surface area contributed by atoms with E-state index >= 15 is 0 Å². The fraction of sp³-hybridized carbons (Fsp3) is 0.364. The fourth-order valence-electron chi connectivity index (χ4n) is 3.73. The number of hydrogen-bond acceptors (Lipinski definition) is 5. The first kappa shape index (κ1) is 21.0. The van der Waals surface area contributed by atoms with Crippen LogP contribution in [0.25, 0.3) is 10.9 Å². The highest BCUT2D eigenvalue weighted by atomic mass is 32.2. The summed E-state index contributed by atoms with van der Waals surface area (Å²) in [7, 11) is -3.49. The second-order valence-corrected chi connectivity index (χ2v) is 10.8. The zero-order valence-electron chi connectivity index (χ0n) is 17.0. The molecule has 0 atom stereocenters. The topological polar surface area (TPSA) is 79.4 Å². The number of hydrogen-bond donors (Lipinski definition) is 1. The average Bonchev–Trinajstić information content (AvgIpc) is 3.29. The normalized spacial score (nSPS) is 15.8. The van der Waals surface area contributed by atoms with Crippen LogP contribution >= 0.6 is 11.3 Å². The number of aromatic nitrogens is 1. The SMILES string of the molecule is CC(C)c1cc(C(=O)N2CCC(NS(=O)(=O)c3cccs3)CC2)c2ccccc2n1. The van der Waals surface area contributed by atoms with Crippen LogP contribution in [0.4, 0.5) is 0 Å². The highest BCUT2D eigenvalue weighted by molar-refractivity contribution is 7.91. The summed E-state index contributed by atoms with van der Waals surface area (Å²) in [6.07, 6.45) is 1.19. The Morgan fingerprint density at radius 3 is 2.57 bits per heavy atom. The number of carbonyl (C=O) groups is 1. The maximum absolute atomic E-state index is 13.3. The molecule has 1 aromatic carbocycles. The van der Waals surface area contributed by atoms with Crippen molar-refractivity contribution in [3.8, 4) is 0 Å². The summed E-state index contributed by atoms with van der Waals surface area (Å²) < 4.78 is 28.0. The molecule has 1 fully saturated rings. The minimum absolute atomic E-state index is 0.0185. The number of sulfonamides is 1. The van der Waals surface area contributed by atoms with E-state index in [1.807, 2.05) is 35.2 Å². The molecule has 1 amide bonds. The van der Waals surface area contributed by atoms with Crippen molar-refractivity contribution in [3.05, 3.63) is 59.1 Å². The van der Waals surface area contributed by atoms with Gasteiger partial charge in [0.15, 0.2) is 0 Å². The van der Waals surface area contributed by atoms with Gasteiger partial charge in [0.1, 0.15) is 4.21 Å². The summed E-state index contributed by atoms with van der Waals surface area (Å²) in [5.41, 5.74) is 2.39. The van der Waals surface area contributed by atoms with Crippen LogP contribution < -0.4 is 4.72 Å². The molecule has 0 aliphatic carbocycles. The average molecular weight is 444 g/mol. The van der Waals surface area contributed by atoms with Crippen LogP contribution in [0.3, 0.4) is 0 Å². The van der Waals surface area contributed by atoms with Crippen LogP contribution in [0.5, 0.6) is 0 Å². The second kappa shape index (κ2) is 8.45. The number of thiophene rings is 1. The molecule has 158 valence electrons. The molecule has 1 saturated heterocycles. The fourth-order valence-corrected chi connectivity index (χ4v) is 6.05. The molecule has 0 radical (unpaired) electrons. The molecule has 3 aromatic rings. The highest BCUT2D eigenvalue weighted by Crippen LogP contribution is 2.25. The molecule has 3 heterocycles. The van der Waals surface area contributed by atoms with Gasteiger partial charge in [-0.1, -0.05) is 38.1 Å². The van der Waals surface area contributed by atoms with E-state index < -0.39 is 10.0 Å². The monoisotopic (exact) mass is 443 g/mol. The van der Waals surface area contributed by atoms with E-state index in [4.69, 9.17) is 4.98 Å². The molecule has 2 aromatic heterocycles. The molecule has 0 spiro atoms. The smallest absolute Gasteiger partial charge is 0.254 e. The van der Waals surface area contributed by atoms with Crippen molar-refractivity contribution in [2.75, 3.05) is 13.1 Å². The molecule has 0 saturated carbocycles.